The fourth-order valence-electron chi connectivity index (χ4n) is 7.69. The lowest BCUT2D eigenvalue weighted by Crippen LogP contribution is -2.52. The minimum Gasteiger partial charge on any atom is -0.465 e. The highest BCUT2D eigenvalue weighted by Gasteiger charge is 2.57. The summed E-state index contributed by atoms with van der Waals surface area (Å²) in [5, 5.41) is 0. The van der Waals surface area contributed by atoms with Crippen molar-refractivity contribution < 1.29 is 9.53 Å². The fourth-order valence-corrected chi connectivity index (χ4v) is 7.69. The molecule has 3 rings (SSSR count). The van der Waals surface area contributed by atoms with Crippen molar-refractivity contribution in [2.75, 3.05) is 6.61 Å². The zero-order valence-corrected chi connectivity index (χ0v) is 21.0. The van der Waals surface area contributed by atoms with E-state index >= 15 is 0 Å². The molecule has 180 valence electrons. The largest absolute Gasteiger partial charge is 0.465 e. The van der Waals surface area contributed by atoms with Gasteiger partial charge in [-0.05, 0) is 68.6 Å². The van der Waals surface area contributed by atoms with Gasteiger partial charge in [0, 0.05) is 0 Å². The molecule has 0 aliphatic heterocycles. The number of esters is 1. The van der Waals surface area contributed by atoms with Crippen LogP contribution in [0.15, 0.2) is 0 Å². The number of carbonyl (C=O) groups excluding carboxylic acids is 1. The van der Waals surface area contributed by atoms with Crippen molar-refractivity contribution in [1.29, 1.82) is 0 Å². The first-order valence-corrected chi connectivity index (χ1v) is 14.3. The Hall–Kier alpha value is -0.530. The Kier molecular flexibility index (Phi) is 10.2. The standard InChI is InChI=1S/C29H52O2/c1-3-5-7-14-24-31-27(30)29(20-12-9-13-21-29)28(19-6-4-2)22-17-26(18-23-28)25-15-10-8-11-16-25/h25-26H,3-24H2,1-2H3. The van der Waals surface area contributed by atoms with Crippen molar-refractivity contribution in [1.82, 2.24) is 0 Å². The summed E-state index contributed by atoms with van der Waals surface area (Å²) in [6.45, 7) is 5.21. The van der Waals surface area contributed by atoms with Gasteiger partial charge in [-0.2, -0.15) is 0 Å². The Labute approximate surface area is 193 Å². The average molecular weight is 433 g/mol. The molecule has 0 saturated heterocycles. The van der Waals surface area contributed by atoms with E-state index in [1.807, 2.05) is 0 Å². The fraction of sp³-hybridized carbons (Fsp3) is 0.966. The van der Waals surface area contributed by atoms with Crippen LogP contribution in [0, 0.1) is 22.7 Å². The molecule has 2 heteroatoms. The van der Waals surface area contributed by atoms with Gasteiger partial charge in [-0.3, -0.25) is 4.79 Å². The molecule has 0 bridgehead atoms. The molecule has 0 amide bonds. The van der Waals surface area contributed by atoms with Crippen molar-refractivity contribution >= 4 is 5.97 Å². The van der Waals surface area contributed by atoms with Crippen LogP contribution in [-0.4, -0.2) is 12.6 Å². The summed E-state index contributed by atoms with van der Waals surface area (Å²) in [5.74, 6) is 2.11. The Morgan fingerprint density at radius 1 is 0.710 bits per heavy atom. The maximum Gasteiger partial charge on any atom is 0.312 e. The number of unbranched alkanes of at least 4 members (excludes halogenated alkanes) is 4. The predicted octanol–water partition coefficient (Wildman–Crippen LogP) is 9.01. The zero-order chi connectivity index (χ0) is 22.0. The van der Waals surface area contributed by atoms with Crippen LogP contribution in [0.5, 0.6) is 0 Å². The number of rotatable bonds is 11. The molecule has 3 aliphatic rings. The molecule has 0 aromatic rings. The second-order valence-corrected chi connectivity index (χ2v) is 11.5. The van der Waals surface area contributed by atoms with Crippen molar-refractivity contribution in [2.24, 2.45) is 22.7 Å². The molecule has 0 N–H and O–H groups in total. The molecule has 0 spiro atoms. The van der Waals surface area contributed by atoms with Gasteiger partial charge in [0.2, 0.25) is 0 Å². The van der Waals surface area contributed by atoms with Crippen molar-refractivity contribution in [3.05, 3.63) is 0 Å². The minimum absolute atomic E-state index is 0.178. The van der Waals surface area contributed by atoms with Gasteiger partial charge in [0.05, 0.1) is 12.0 Å². The number of hydrogen-bond acceptors (Lipinski definition) is 2. The third-order valence-electron chi connectivity index (χ3n) is 9.66. The molecular weight excluding hydrogens is 380 g/mol. The van der Waals surface area contributed by atoms with Gasteiger partial charge in [-0.15, -0.1) is 0 Å². The van der Waals surface area contributed by atoms with Crippen LogP contribution in [0.4, 0.5) is 0 Å². The summed E-state index contributed by atoms with van der Waals surface area (Å²) in [7, 11) is 0. The van der Waals surface area contributed by atoms with Crippen LogP contribution in [0.1, 0.15) is 149 Å². The first-order chi connectivity index (χ1) is 15.2. The van der Waals surface area contributed by atoms with Crippen LogP contribution >= 0.6 is 0 Å². The maximum absolute atomic E-state index is 13.8. The number of ether oxygens (including phenoxy) is 1. The van der Waals surface area contributed by atoms with Crippen LogP contribution in [0.25, 0.3) is 0 Å². The van der Waals surface area contributed by atoms with Gasteiger partial charge in [-0.1, -0.05) is 97.3 Å². The topological polar surface area (TPSA) is 26.3 Å². The Morgan fingerprint density at radius 3 is 1.97 bits per heavy atom. The molecule has 3 saturated carbocycles. The second-order valence-electron chi connectivity index (χ2n) is 11.5. The van der Waals surface area contributed by atoms with Crippen LogP contribution in [0.3, 0.4) is 0 Å². The Balaban J connectivity index is 1.72. The normalized spacial score (nSPS) is 29.5. The van der Waals surface area contributed by atoms with Crippen molar-refractivity contribution in [2.45, 2.75) is 149 Å². The van der Waals surface area contributed by atoms with E-state index in [9.17, 15) is 4.79 Å². The molecule has 2 nitrogen and oxygen atoms in total. The molecule has 3 fully saturated rings. The second kappa shape index (κ2) is 12.6. The van der Waals surface area contributed by atoms with Gasteiger partial charge in [0.15, 0.2) is 0 Å². The zero-order valence-electron chi connectivity index (χ0n) is 21.0. The van der Waals surface area contributed by atoms with E-state index in [2.05, 4.69) is 13.8 Å². The first-order valence-electron chi connectivity index (χ1n) is 14.3. The minimum atomic E-state index is -0.178. The molecule has 0 aromatic carbocycles. The van der Waals surface area contributed by atoms with Crippen molar-refractivity contribution in [3.63, 3.8) is 0 Å². The molecule has 0 atom stereocenters. The highest BCUT2D eigenvalue weighted by atomic mass is 16.5. The van der Waals surface area contributed by atoms with Gasteiger partial charge in [0.1, 0.15) is 0 Å². The average Bonchev–Trinajstić information content (AvgIpc) is 2.83. The molecular formula is C29H52O2. The van der Waals surface area contributed by atoms with E-state index in [1.54, 1.807) is 0 Å². The van der Waals surface area contributed by atoms with E-state index < -0.39 is 0 Å². The Morgan fingerprint density at radius 2 is 1.32 bits per heavy atom. The molecule has 0 aromatic heterocycles. The van der Waals surface area contributed by atoms with E-state index in [4.69, 9.17) is 4.74 Å². The van der Waals surface area contributed by atoms with E-state index in [0.29, 0.717) is 6.61 Å². The summed E-state index contributed by atoms with van der Waals surface area (Å²) in [5.41, 5.74) is 0.0395. The van der Waals surface area contributed by atoms with Gasteiger partial charge in [0.25, 0.3) is 0 Å². The maximum atomic E-state index is 13.8. The lowest BCUT2D eigenvalue weighted by atomic mass is 9.49. The SMILES string of the molecule is CCCCCCOC(=O)C1(C2(CCCC)CCC(C3CCCCC3)CC2)CCCCC1. The third-order valence-corrected chi connectivity index (χ3v) is 9.66. The lowest BCUT2D eigenvalue weighted by molar-refractivity contribution is -0.175. The molecule has 0 unspecified atom stereocenters. The van der Waals surface area contributed by atoms with Crippen molar-refractivity contribution in [3.8, 4) is 0 Å². The predicted molar refractivity (Wildman–Crippen MR) is 131 cm³/mol. The molecule has 3 aliphatic carbocycles. The smallest absolute Gasteiger partial charge is 0.312 e. The first kappa shape index (κ1) is 25.1. The lowest BCUT2D eigenvalue weighted by Gasteiger charge is -2.55. The van der Waals surface area contributed by atoms with Crippen LogP contribution in [0.2, 0.25) is 0 Å². The molecule has 0 heterocycles. The highest BCUT2D eigenvalue weighted by molar-refractivity contribution is 5.78. The summed E-state index contributed by atoms with van der Waals surface area (Å²) in [6.07, 6.45) is 27.1. The molecule has 0 radical (unpaired) electrons. The van der Waals surface area contributed by atoms with Crippen LogP contribution in [-0.2, 0) is 9.53 Å². The summed E-state index contributed by atoms with van der Waals surface area (Å²) < 4.78 is 6.09. The van der Waals surface area contributed by atoms with Gasteiger partial charge in [-0.25, -0.2) is 0 Å². The van der Waals surface area contributed by atoms with E-state index in [1.165, 1.54) is 116 Å². The third kappa shape index (κ3) is 6.08. The van der Waals surface area contributed by atoms with Crippen LogP contribution < -0.4 is 0 Å². The van der Waals surface area contributed by atoms with Gasteiger partial charge >= 0.3 is 5.97 Å². The monoisotopic (exact) mass is 432 g/mol. The number of carbonyl (C=O) groups is 1. The highest BCUT2D eigenvalue weighted by Crippen LogP contribution is 2.61. The Bertz CT molecular complexity index is 505. The summed E-state index contributed by atoms with van der Waals surface area (Å²) >= 11 is 0. The van der Waals surface area contributed by atoms with Gasteiger partial charge < -0.3 is 4.74 Å². The van der Waals surface area contributed by atoms with E-state index in [0.717, 1.165) is 31.1 Å². The summed E-state index contributed by atoms with van der Waals surface area (Å²) in [6, 6.07) is 0. The number of hydrogen-bond donors (Lipinski definition) is 0. The molecule has 31 heavy (non-hydrogen) atoms. The quantitative estimate of drug-likeness (QED) is 0.240. The van der Waals surface area contributed by atoms with E-state index in [-0.39, 0.29) is 16.8 Å². The summed E-state index contributed by atoms with van der Waals surface area (Å²) in [4.78, 5) is 13.8.